The molecule has 2 atom stereocenters. The Morgan fingerprint density at radius 2 is 2.00 bits per heavy atom. The van der Waals surface area contributed by atoms with Crippen LogP contribution in [0.1, 0.15) is 28.9 Å². The van der Waals surface area contributed by atoms with Crippen molar-refractivity contribution in [1.29, 1.82) is 0 Å². The van der Waals surface area contributed by atoms with Crippen LogP contribution < -0.4 is 11.5 Å². The van der Waals surface area contributed by atoms with Crippen molar-refractivity contribution >= 4 is 17.6 Å². The second-order valence-electron chi connectivity index (χ2n) is 3.86. The van der Waals surface area contributed by atoms with Crippen LogP contribution in [0, 0.1) is 0 Å². The minimum atomic E-state index is -1.81. The molecule has 0 bridgehead atoms. The van der Waals surface area contributed by atoms with Crippen LogP contribution in [0.4, 0.5) is 5.69 Å². The first-order chi connectivity index (χ1) is 8.88. The van der Waals surface area contributed by atoms with Crippen LogP contribution in [0.3, 0.4) is 0 Å². The Kier molecular flexibility index (Phi) is 4.85. The van der Waals surface area contributed by atoms with Crippen LogP contribution in [0.5, 0.6) is 0 Å². The van der Waals surface area contributed by atoms with Gasteiger partial charge in [0.1, 0.15) is 6.10 Å². The van der Waals surface area contributed by atoms with Gasteiger partial charge in [0.05, 0.1) is 12.2 Å². The Morgan fingerprint density at radius 3 is 2.53 bits per heavy atom. The van der Waals surface area contributed by atoms with Gasteiger partial charge < -0.3 is 26.4 Å². The molecule has 7 nitrogen and oxygen atoms in total. The lowest BCUT2D eigenvalue weighted by atomic mass is 9.99. The molecule has 1 aromatic carbocycles. The fourth-order valence-electron chi connectivity index (χ4n) is 1.50. The van der Waals surface area contributed by atoms with Crippen LogP contribution in [0.2, 0.25) is 0 Å². The van der Waals surface area contributed by atoms with E-state index >= 15 is 0 Å². The molecule has 0 saturated heterocycles. The molecule has 1 rings (SSSR count). The quantitative estimate of drug-likeness (QED) is 0.413. The van der Waals surface area contributed by atoms with E-state index < -0.39 is 24.1 Å². The molecule has 0 heterocycles. The number of esters is 1. The van der Waals surface area contributed by atoms with Crippen molar-refractivity contribution < 1.29 is 24.5 Å². The third kappa shape index (κ3) is 3.43. The minimum Gasteiger partial charge on any atom is -0.462 e. The lowest BCUT2D eigenvalue weighted by Gasteiger charge is -2.17. The highest BCUT2D eigenvalue weighted by Gasteiger charge is 2.26. The number of nitrogen functional groups attached to an aromatic ring is 1. The number of aliphatic hydroxyl groups excluding tert-OH is 2. The van der Waals surface area contributed by atoms with Crippen molar-refractivity contribution in [3.8, 4) is 0 Å². The number of nitrogens with two attached hydrogens (primary N) is 2. The Labute approximate surface area is 109 Å². The zero-order valence-electron chi connectivity index (χ0n) is 10.4. The Bertz CT molecular complexity index is 489. The molecule has 0 aliphatic rings. The van der Waals surface area contributed by atoms with Gasteiger partial charge in [-0.15, -0.1) is 0 Å². The number of primary amides is 1. The number of carbonyl (C=O) groups excluding carboxylic acids is 2. The fourth-order valence-corrected chi connectivity index (χ4v) is 1.50. The predicted molar refractivity (Wildman–Crippen MR) is 67.0 cm³/mol. The molecular formula is C12H16N2O5. The summed E-state index contributed by atoms with van der Waals surface area (Å²) < 4.78 is 4.79. The zero-order chi connectivity index (χ0) is 14.6. The molecule has 0 aromatic heterocycles. The summed E-state index contributed by atoms with van der Waals surface area (Å²) in [5, 5.41) is 19.2. The summed E-state index contributed by atoms with van der Waals surface area (Å²) in [7, 11) is 0. The van der Waals surface area contributed by atoms with E-state index in [4.69, 9.17) is 16.2 Å². The molecule has 0 radical (unpaired) electrons. The summed E-state index contributed by atoms with van der Waals surface area (Å²) in [5.41, 5.74) is 10.8. The maximum Gasteiger partial charge on any atom is 0.338 e. The second kappa shape index (κ2) is 6.17. The number of hydrogen-bond acceptors (Lipinski definition) is 6. The summed E-state index contributed by atoms with van der Waals surface area (Å²) in [6, 6.07) is 4.04. The Balaban J connectivity index is 3.10. The maximum absolute atomic E-state index is 11.5. The molecule has 6 N–H and O–H groups in total. The van der Waals surface area contributed by atoms with Crippen LogP contribution in [-0.2, 0) is 9.53 Å². The van der Waals surface area contributed by atoms with E-state index in [1.165, 1.54) is 18.2 Å². The molecule has 104 valence electrons. The summed E-state index contributed by atoms with van der Waals surface area (Å²) in [6.07, 6.45) is -3.41. The van der Waals surface area contributed by atoms with Crippen LogP contribution in [0.15, 0.2) is 18.2 Å². The number of anilines is 1. The van der Waals surface area contributed by atoms with Crippen LogP contribution in [-0.4, -0.2) is 34.8 Å². The van der Waals surface area contributed by atoms with Gasteiger partial charge in [-0.2, -0.15) is 0 Å². The first-order valence-corrected chi connectivity index (χ1v) is 5.60. The first kappa shape index (κ1) is 14.9. The number of carbonyl (C=O) groups is 2. The lowest BCUT2D eigenvalue weighted by Crippen LogP contribution is -2.34. The van der Waals surface area contributed by atoms with Crippen LogP contribution in [0.25, 0.3) is 0 Å². The first-order valence-electron chi connectivity index (χ1n) is 5.60. The van der Waals surface area contributed by atoms with Gasteiger partial charge in [0.25, 0.3) is 0 Å². The molecule has 1 amide bonds. The van der Waals surface area contributed by atoms with Crippen molar-refractivity contribution in [3.05, 3.63) is 29.3 Å². The lowest BCUT2D eigenvalue weighted by molar-refractivity contribution is -0.131. The Hall–Kier alpha value is -2.12. The highest BCUT2D eigenvalue weighted by atomic mass is 16.5. The maximum atomic E-state index is 11.5. The smallest absolute Gasteiger partial charge is 0.338 e. The molecule has 0 saturated carbocycles. The van der Waals surface area contributed by atoms with E-state index in [-0.39, 0.29) is 23.4 Å². The van der Waals surface area contributed by atoms with Crippen molar-refractivity contribution in [3.63, 3.8) is 0 Å². The number of amides is 1. The number of aliphatic hydroxyl groups is 2. The summed E-state index contributed by atoms with van der Waals surface area (Å²) in [6.45, 7) is 1.85. The van der Waals surface area contributed by atoms with Gasteiger partial charge >= 0.3 is 5.97 Å². The van der Waals surface area contributed by atoms with Crippen LogP contribution >= 0.6 is 0 Å². The van der Waals surface area contributed by atoms with Crippen molar-refractivity contribution in [2.24, 2.45) is 5.73 Å². The molecular weight excluding hydrogens is 252 g/mol. The molecule has 0 aliphatic carbocycles. The minimum absolute atomic E-state index is 0.0388. The normalized spacial score (nSPS) is 13.6. The van der Waals surface area contributed by atoms with E-state index in [2.05, 4.69) is 0 Å². The summed E-state index contributed by atoms with van der Waals surface area (Å²) >= 11 is 0. The molecule has 7 heteroatoms. The molecule has 0 fully saturated rings. The molecule has 19 heavy (non-hydrogen) atoms. The predicted octanol–water partition coefficient (Wildman–Crippen LogP) is -0.675. The van der Waals surface area contributed by atoms with Gasteiger partial charge in [0.2, 0.25) is 5.91 Å². The van der Waals surface area contributed by atoms with Gasteiger partial charge in [0.15, 0.2) is 6.10 Å². The van der Waals surface area contributed by atoms with Gasteiger partial charge in [-0.3, -0.25) is 4.79 Å². The van der Waals surface area contributed by atoms with Crippen molar-refractivity contribution in [1.82, 2.24) is 0 Å². The SMILES string of the molecule is CCOC(=O)c1ccc(N)c(C(O)C(O)C(N)=O)c1. The molecule has 0 aliphatic heterocycles. The number of ether oxygens (including phenoxy) is 1. The highest BCUT2D eigenvalue weighted by Crippen LogP contribution is 2.25. The Morgan fingerprint density at radius 1 is 1.37 bits per heavy atom. The number of benzene rings is 1. The van der Waals surface area contributed by atoms with E-state index in [1.54, 1.807) is 6.92 Å². The monoisotopic (exact) mass is 268 g/mol. The summed E-state index contributed by atoms with van der Waals surface area (Å²) in [4.78, 5) is 22.4. The largest absolute Gasteiger partial charge is 0.462 e. The third-order valence-electron chi connectivity index (χ3n) is 2.51. The van der Waals surface area contributed by atoms with E-state index in [1.807, 2.05) is 0 Å². The average molecular weight is 268 g/mol. The second-order valence-corrected chi connectivity index (χ2v) is 3.86. The number of rotatable bonds is 5. The van der Waals surface area contributed by atoms with Gasteiger partial charge in [-0.1, -0.05) is 0 Å². The van der Waals surface area contributed by atoms with E-state index in [0.717, 1.165) is 0 Å². The molecule has 1 aromatic rings. The third-order valence-corrected chi connectivity index (χ3v) is 2.51. The van der Waals surface area contributed by atoms with E-state index in [9.17, 15) is 19.8 Å². The van der Waals surface area contributed by atoms with Crippen molar-refractivity contribution in [2.45, 2.75) is 19.1 Å². The van der Waals surface area contributed by atoms with Gasteiger partial charge in [-0.05, 0) is 25.1 Å². The van der Waals surface area contributed by atoms with E-state index in [0.29, 0.717) is 0 Å². The van der Waals surface area contributed by atoms with Gasteiger partial charge in [0, 0.05) is 11.3 Å². The average Bonchev–Trinajstić information content (AvgIpc) is 2.37. The zero-order valence-corrected chi connectivity index (χ0v) is 10.4. The fraction of sp³-hybridized carbons (Fsp3) is 0.333. The van der Waals surface area contributed by atoms with Gasteiger partial charge in [-0.25, -0.2) is 4.79 Å². The topological polar surface area (TPSA) is 136 Å². The van der Waals surface area contributed by atoms with Crippen molar-refractivity contribution in [2.75, 3.05) is 12.3 Å². The highest BCUT2D eigenvalue weighted by molar-refractivity contribution is 5.90. The molecule has 2 unspecified atom stereocenters. The summed E-state index contributed by atoms with van der Waals surface area (Å²) in [5.74, 6) is -1.68. The standard InChI is InChI=1S/C12H16N2O5/c1-2-19-12(18)6-3-4-8(13)7(5-6)9(15)10(16)11(14)17/h3-5,9-10,15-16H,2,13H2,1H3,(H2,14,17). The molecule has 0 spiro atoms. The number of hydrogen-bond donors (Lipinski definition) is 4.